The van der Waals surface area contributed by atoms with Crippen LogP contribution in [0.25, 0.3) is 0 Å². The Morgan fingerprint density at radius 1 is 1.04 bits per heavy atom. The molecule has 0 saturated carbocycles. The number of ether oxygens (including phenoxy) is 1. The molecule has 5 heteroatoms. The Hall–Kier alpha value is -2.82. The number of rotatable bonds is 7. The molecule has 0 aliphatic heterocycles. The number of carbonyl (C=O) groups excluding carboxylic acids is 2. The minimum atomic E-state index is -0.495. The Bertz CT molecular complexity index is 826. The van der Waals surface area contributed by atoms with Gasteiger partial charge in [-0.3, -0.25) is 9.59 Å². The lowest BCUT2D eigenvalue weighted by atomic mass is 9.83. The van der Waals surface area contributed by atoms with Gasteiger partial charge in [0.1, 0.15) is 5.75 Å². The van der Waals surface area contributed by atoms with Crippen molar-refractivity contribution in [1.29, 1.82) is 0 Å². The summed E-state index contributed by atoms with van der Waals surface area (Å²) >= 11 is 0. The average molecular weight is 383 g/mol. The SMILES string of the molecule is Cc1cc(C(C)(C)C)cc(C)c1CCNC(=O)COc1ccc(C(N)=O)cc1. The topological polar surface area (TPSA) is 81.4 Å². The lowest BCUT2D eigenvalue weighted by Crippen LogP contribution is -2.30. The maximum atomic E-state index is 12.0. The van der Waals surface area contributed by atoms with E-state index in [0.29, 0.717) is 17.9 Å². The van der Waals surface area contributed by atoms with Gasteiger partial charge < -0.3 is 15.8 Å². The molecule has 0 aliphatic carbocycles. The minimum absolute atomic E-state index is 0.0726. The Balaban J connectivity index is 1.84. The van der Waals surface area contributed by atoms with Gasteiger partial charge in [-0.05, 0) is 72.2 Å². The lowest BCUT2D eigenvalue weighted by molar-refractivity contribution is -0.123. The predicted molar refractivity (Wildman–Crippen MR) is 112 cm³/mol. The summed E-state index contributed by atoms with van der Waals surface area (Å²) in [4.78, 5) is 23.1. The Kier molecular flexibility index (Phi) is 6.84. The van der Waals surface area contributed by atoms with Gasteiger partial charge in [0, 0.05) is 12.1 Å². The summed E-state index contributed by atoms with van der Waals surface area (Å²) in [6.45, 7) is 11.4. The third-order valence-electron chi connectivity index (χ3n) is 4.77. The molecule has 28 heavy (non-hydrogen) atoms. The van der Waals surface area contributed by atoms with E-state index in [9.17, 15) is 9.59 Å². The van der Waals surface area contributed by atoms with E-state index in [1.54, 1.807) is 24.3 Å². The van der Waals surface area contributed by atoms with Crippen molar-refractivity contribution >= 4 is 11.8 Å². The number of carbonyl (C=O) groups is 2. The molecular formula is C23H30N2O3. The Morgan fingerprint density at radius 2 is 1.61 bits per heavy atom. The van der Waals surface area contributed by atoms with Crippen molar-refractivity contribution in [2.24, 2.45) is 5.73 Å². The second-order valence-electron chi connectivity index (χ2n) is 8.12. The molecule has 3 N–H and O–H groups in total. The van der Waals surface area contributed by atoms with Gasteiger partial charge in [-0.15, -0.1) is 0 Å². The van der Waals surface area contributed by atoms with Crippen LogP contribution in [0.5, 0.6) is 5.75 Å². The van der Waals surface area contributed by atoms with Gasteiger partial charge in [0.15, 0.2) is 6.61 Å². The van der Waals surface area contributed by atoms with E-state index < -0.39 is 5.91 Å². The molecule has 0 heterocycles. The first-order valence-electron chi connectivity index (χ1n) is 9.48. The van der Waals surface area contributed by atoms with E-state index in [1.807, 2.05) is 0 Å². The van der Waals surface area contributed by atoms with Crippen molar-refractivity contribution in [3.8, 4) is 5.75 Å². The highest BCUT2D eigenvalue weighted by Crippen LogP contribution is 2.27. The molecule has 0 spiro atoms. The standard InChI is InChI=1S/C23H30N2O3/c1-15-12-18(23(3,4)5)13-16(2)20(15)10-11-25-21(26)14-28-19-8-6-17(7-9-19)22(24)27/h6-9,12-13H,10-11,14H2,1-5H3,(H2,24,27)(H,25,26). The van der Waals surface area contributed by atoms with E-state index in [4.69, 9.17) is 10.5 Å². The van der Waals surface area contributed by atoms with Gasteiger partial charge in [-0.1, -0.05) is 32.9 Å². The van der Waals surface area contributed by atoms with Crippen molar-refractivity contribution in [1.82, 2.24) is 5.32 Å². The molecule has 2 aromatic carbocycles. The van der Waals surface area contributed by atoms with E-state index >= 15 is 0 Å². The summed E-state index contributed by atoms with van der Waals surface area (Å²) in [6.07, 6.45) is 0.779. The van der Waals surface area contributed by atoms with Crippen LogP contribution in [0.15, 0.2) is 36.4 Å². The largest absolute Gasteiger partial charge is 0.484 e. The highest BCUT2D eigenvalue weighted by Gasteiger charge is 2.16. The normalized spacial score (nSPS) is 11.2. The molecule has 0 aliphatic rings. The number of nitrogens with one attached hydrogen (secondary N) is 1. The molecule has 2 rings (SSSR count). The van der Waals surface area contributed by atoms with Gasteiger partial charge in [-0.2, -0.15) is 0 Å². The van der Waals surface area contributed by atoms with Crippen LogP contribution in [0.4, 0.5) is 0 Å². The first kappa shape index (κ1) is 21.5. The quantitative estimate of drug-likeness (QED) is 0.770. The smallest absolute Gasteiger partial charge is 0.257 e. The van der Waals surface area contributed by atoms with Crippen LogP contribution in [0.1, 0.15) is 53.4 Å². The lowest BCUT2D eigenvalue weighted by Gasteiger charge is -2.22. The number of hydrogen-bond donors (Lipinski definition) is 2. The third kappa shape index (κ3) is 5.84. The maximum absolute atomic E-state index is 12.0. The molecule has 0 bridgehead atoms. The summed E-state index contributed by atoms with van der Waals surface area (Å²) < 4.78 is 5.44. The highest BCUT2D eigenvalue weighted by molar-refractivity contribution is 5.92. The van der Waals surface area contributed by atoms with Crippen LogP contribution in [0.2, 0.25) is 0 Å². The Labute approximate surface area is 167 Å². The van der Waals surface area contributed by atoms with Crippen molar-refractivity contribution < 1.29 is 14.3 Å². The van der Waals surface area contributed by atoms with Gasteiger partial charge >= 0.3 is 0 Å². The molecule has 150 valence electrons. The van der Waals surface area contributed by atoms with Gasteiger partial charge in [0.2, 0.25) is 5.91 Å². The second kappa shape index (κ2) is 8.91. The molecule has 2 amide bonds. The third-order valence-corrected chi connectivity index (χ3v) is 4.77. The summed E-state index contributed by atoms with van der Waals surface area (Å²) in [5.74, 6) is -0.157. The fourth-order valence-electron chi connectivity index (χ4n) is 3.06. The monoisotopic (exact) mass is 382 g/mol. The summed E-state index contributed by atoms with van der Waals surface area (Å²) in [5, 5.41) is 2.89. The fourth-order valence-corrected chi connectivity index (χ4v) is 3.06. The Morgan fingerprint density at radius 3 is 2.11 bits per heavy atom. The number of primary amides is 1. The highest BCUT2D eigenvalue weighted by atomic mass is 16.5. The summed E-state index contributed by atoms with van der Waals surface area (Å²) in [7, 11) is 0. The first-order chi connectivity index (χ1) is 13.1. The van der Waals surface area contributed by atoms with Crippen molar-refractivity contribution in [3.05, 3.63) is 64.2 Å². The van der Waals surface area contributed by atoms with Crippen LogP contribution in [0, 0.1) is 13.8 Å². The molecule has 0 atom stereocenters. The number of benzene rings is 2. The van der Waals surface area contributed by atoms with E-state index in [-0.39, 0.29) is 17.9 Å². The van der Waals surface area contributed by atoms with Crippen LogP contribution in [-0.4, -0.2) is 25.0 Å². The number of hydrogen-bond acceptors (Lipinski definition) is 3. The second-order valence-corrected chi connectivity index (χ2v) is 8.12. The van der Waals surface area contributed by atoms with Crippen LogP contribution in [-0.2, 0) is 16.6 Å². The number of nitrogens with two attached hydrogens (primary N) is 1. The van der Waals surface area contributed by atoms with E-state index in [1.165, 1.54) is 22.3 Å². The average Bonchev–Trinajstić information content (AvgIpc) is 2.61. The zero-order valence-corrected chi connectivity index (χ0v) is 17.4. The van der Waals surface area contributed by atoms with Crippen molar-refractivity contribution in [2.75, 3.05) is 13.2 Å². The molecule has 0 radical (unpaired) electrons. The van der Waals surface area contributed by atoms with Crippen LogP contribution >= 0.6 is 0 Å². The van der Waals surface area contributed by atoms with Crippen molar-refractivity contribution in [3.63, 3.8) is 0 Å². The van der Waals surface area contributed by atoms with Gasteiger partial charge in [-0.25, -0.2) is 0 Å². The summed E-state index contributed by atoms with van der Waals surface area (Å²) in [5.41, 5.74) is 10.8. The molecule has 2 aromatic rings. The zero-order chi connectivity index (χ0) is 20.9. The molecule has 0 aromatic heterocycles. The van der Waals surface area contributed by atoms with Crippen LogP contribution < -0.4 is 15.8 Å². The minimum Gasteiger partial charge on any atom is -0.484 e. The summed E-state index contributed by atoms with van der Waals surface area (Å²) in [6, 6.07) is 10.9. The molecule has 5 nitrogen and oxygen atoms in total. The van der Waals surface area contributed by atoms with Gasteiger partial charge in [0.25, 0.3) is 5.91 Å². The molecule has 0 unspecified atom stereocenters. The number of amides is 2. The zero-order valence-electron chi connectivity index (χ0n) is 17.4. The van der Waals surface area contributed by atoms with E-state index in [0.717, 1.165) is 6.42 Å². The maximum Gasteiger partial charge on any atom is 0.257 e. The molecule has 0 fully saturated rings. The van der Waals surface area contributed by atoms with Gasteiger partial charge in [0.05, 0.1) is 0 Å². The first-order valence-corrected chi connectivity index (χ1v) is 9.48. The number of aryl methyl sites for hydroxylation is 2. The molecular weight excluding hydrogens is 352 g/mol. The fraction of sp³-hybridized carbons (Fsp3) is 0.391. The van der Waals surface area contributed by atoms with E-state index in [2.05, 4.69) is 52.1 Å². The molecule has 0 saturated heterocycles. The van der Waals surface area contributed by atoms with Crippen LogP contribution in [0.3, 0.4) is 0 Å². The van der Waals surface area contributed by atoms with Crippen molar-refractivity contribution in [2.45, 2.75) is 46.5 Å². The predicted octanol–water partition coefficient (Wildman–Crippen LogP) is 3.44.